The first-order valence-corrected chi connectivity index (χ1v) is 12.6. The van der Waals surface area contributed by atoms with E-state index in [-0.39, 0.29) is 24.4 Å². The van der Waals surface area contributed by atoms with Crippen LogP contribution in [-0.4, -0.2) is 39.1 Å². The highest BCUT2D eigenvalue weighted by atomic mass is 32.1. The molecule has 7 nitrogen and oxygen atoms in total. The van der Waals surface area contributed by atoms with Crippen LogP contribution in [0, 0.1) is 6.92 Å². The number of rotatable bonds is 8. The molecule has 1 aliphatic heterocycles. The largest absolute Gasteiger partial charge is 0.495 e. The summed E-state index contributed by atoms with van der Waals surface area (Å²) >= 11 is 5.79. The van der Waals surface area contributed by atoms with E-state index in [9.17, 15) is 4.79 Å². The van der Waals surface area contributed by atoms with Crippen LogP contribution in [0.25, 0.3) is 5.69 Å². The molecule has 2 aromatic heterocycles. The molecule has 8 heteroatoms. The van der Waals surface area contributed by atoms with Crippen LogP contribution >= 0.6 is 12.2 Å². The number of thiocarbonyl (C=S) groups is 1. The Kier molecular flexibility index (Phi) is 7.18. The normalized spacial score (nSPS) is 16.9. The summed E-state index contributed by atoms with van der Waals surface area (Å²) in [6, 6.07) is 25.5. The van der Waals surface area contributed by atoms with Crippen LogP contribution < -0.4 is 15.4 Å². The zero-order valence-corrected chi connectivity index (χ0v) is 21.6. The van der Waals surface area contributed by atoms with Crippen molar-refractivity contribution in [2.75, 3.05) is 19.0 Å². The molecule has 3 heterocycles. The molecule has 2 N–H and O–H groups in total. The molecule has 1 aliphatic rings. The fraction of sp³-hybridized carbons (Fsp3) is 0.207. The molecule has 2 aromatic carbocycles. The number of aromatic nitrogens is 2. The van der Waals surface area contributed by atoms with Gasteiger partial charge in [0.05, 0.1) is 30.6 Å². The quantitative estimate of drug-likeness (QED) is 0.317. The lowest BCUT2D eigenvalue weighted by Gasteiger charge is -2.29. The molecule has 0 aliphatic carbocycles. The van der Waals surface area contributed by atoms with Crippen molar-refractivity contribution in [3.8, 4) is 11.4 Å². The molecular formula is C29H29N5O2S. The van der Waals surface area contributed by atoms with Gasteiger partial charge in [0.1, 0.15) is 5.75 Å². The summed E-state index contributed by atoms with van der Waals surface area (Å²) in [6.45, 7) is 2.52. The van der Waals surface area contributed by atoms with Crippen LogP contribution in [0.15, 0.2) is 91.3 Å². The van der Waals surface area contributed by atoms with E-state index in [1.165, 1.54) is 5.56 Å². The monoisotopic (exact) mass is 511 g/mol. The van der Waals surface area contributed by atoms with Gasteiger partial charge in [-0.2, -0.15) is 0 Å². The summed E-state index contributed by atoms with van der Waals surface area (Å²) in [7, 11) is 1.59. The summed E-state index contributed by atoms with van der Waals surface area (Å²) in [5.74, 6) is 0.513. The van der Waals surface area contributed by atoms with E-state index in [4.69, 9.17) is 17.0 Å². The van der Waals surface area contributed by atoms with Gasteiger partial charge in [-0.3, -0.25) is 9.78 Å². The molecule has 0 bridgehead atoms. The van der Waals surface area contributed by atoms with Gasteiger partial charge in [-0.05, 0) is 67.7 Å². The first kappa shape index (κ1) is 24.5. The number of ether oxygens (including phenoxy) is 1. The third-order valence-corrected chi connectivity index (χ3v) is 6.91. The van der Waals surface area contributed by atoms with E-state index in [0.717, 1.165) is 17.1 Å². The summed E-state index contributed by atoms with van der Waals surface area (Å²) in [4.78, 5) is 19.7. The number of hydrogen-bond donors (Lipinski definition) is 2. The Morgan fingerprint density at radius 2 is 1.84 bits per heavy atom. The van der Waals surface area contributed by atoms with Crippen molar-refractivity contribution in [3.05, 3.63) is 108 Å². The Morgan fingerprint density at radius 3 is 2.59 bits per heavy atom. The number of aryl methyl sites for hydroxylation is 1. The maximum atomic E-state index is 12.9. The summed E-state index contributed by atoms with van der Waals surface area (Å²) in [5, 5.41) is 7.03. The third-order valence-electron chi connectivity index (χ3n) is 6.55. The smallest absolute Gasteiger partial charge is 0.226 e. The first-order valence-electron chi connectivity index (χ1n) is 12.2. The predicted molar refractivity (Wildman–Crippen MR) is 149 cm³/mol. The van der Waals surface area contributed by atoms with Gasteiger partial charge in [0, 0.05) is 36.7 Å². The van der Waals surface area contributed by atoms with Crippen molar-refractivity contribution < 1.29 is 9.53 Å². The van der Waals surface area contributed by atoms with Crippen molar-refractivity contribution >= 4 is 28.9 Å². The number of methoxy groups -OCH3 is 1. The Labute approximate surface area is 222 Å². The minimum absolute atomic E-state index is 0.110. The highest BCUT2D eigenvalue weighted by Crippen LogP contribution is 2.39. The van der Waals surface area contributed by atoms with Crippen LogP contribution in [0.5, 0.6) is 5.75 Å². The van der Waals surface area contributed by atoms with Crippen LogP contribution in [0.1, 0.15) is 35.5 Å². The van der Waals surface area contributed by atoms with E-state index in [1.807, 2.05) is 48.5 Å². The number of carbonyl (C=O) groups is 1. The van der Waals surface area contributed by atoms with Gasteiger partial charge in [0.25, 0.3) is 0 Å². The number of nitrogens with zero attached hydrogens (tertiary/aromatic N) is 3. The Bertz CT molecular complexity index is 1390. The number of benzene rings is 2. The summed E-state index contributed by atoms with van der Waals surface area (Å²) < 4.78 is 7.55. The van der Waals surface area contributed by atoms with E-state index >= 15 is 0 Å². The van der Waals surface area contributed by atoms with Gasteiger partial charge in [0.15, 0.2) is 5.11 Å². The number of hydrogen-bond acceptors (Lipinski definition) is 4. The molecule has 37 heavy (non-hydrogen) atoms. The second kappa shape index (κ2) is 10.8. The van der Waals surface area contributed by atoms with Crippen molar-refractivity contribution in [1.82, 2.24) is 19.8 Å². The SMILES string of the molecule is COc1ccccc1NC(=O)CCN1C(=S)NC(c2ccccn2)C1c1cccn1-c1ccc(C)cc1. The average molecular weight is 512 g/mol. The molecule has 1 amide bonds. The average Bonchev–Trinajstić information content (AvgIpc) is 3.53. The zero-order chi connectivity index (χ0) is 25.8. The maximum absolute atomic E-state index is 12.9. The van der Waals surface area contributed by atoms with Gasteiger partial charge < -0.3 is 24.8 Å². The van der Waals surface area contributed by atoms with Crippen molar-refractivity contribution in [2.24, 2.45) is 0 Å². The van der Waals surface area contributed by atoms with Crippen molar-refractivity contribution in [1.29, 1.82) is 0 Å². The number of amides is 1. The molecule has 1 fully saturated rings. The minimum Gasteiger partial charge on any atom is -0.495 e. The van der Waals surface area contributed by atoms with Crippen molar-refractivity contribution in [2.45, 2.75) is 25.4 Å². The van der Waals surface area contributed by atoms with Crippen LogP contribution in [0.2, 0.25) is 0 Å². The minimum atomic E-state index is -0.162. The molecule has 0 saturated carbocycles. The molecule has 0 radical (unpaired) electrons. The van der Waals surface area contributed by atoms with E-state index < -0.39 is 0 Å². The summed E-state index contributed by atoms with van der Waals surface area (Å²) in [6.07, 6.45) is 4.11. The lowest BCUT2D eigenvalue weighted by molar-refractivity contribution is -0.116. The second-order valence-electron chi connectivity index (χ2n) is 8.96. The number of carbonyl (C=O) groups excluding carboxylic acids is 1. The topological polar surface area (TPSA) is 71.4 Å². The fourth-order valence-electron chi connectivity index (χ4n) is 4.73. The highest BCUT2D eigenvalue weighted by Gasteiger charge is 2.41. The fourth-order valence-corrected chi connectivity index (χ4v) is 5.06. The number of nitrogens with one attached hydrogen (secondary N) is 2. The van der Waals surface area contributed by atoms with Crippen LogP contribution in [0.4, 0.5) is 5.69 Å². The Hall–Kier alpha value is -4.17. The molecule has 188 valence electrons. The standard InChI is InChI=1S/C29H29N5O2S/c1-20-12-14-21(15-13-20)33-18-7-10-24(33)28-27(23-9-5-6-17-30-23)32-29(37)34(28)19-16-26(35)31-22-8-3-4-11-25(22)36-2/h3-15,17-18,27-28H,16,19H2,1-2H3,(H,31,35)(H,32,37). The van der Waals surface area contributed by atoms with Crippen LogP contribution in [-0.2, 0) is 4.79 Å². The van der Waals surface area contributed by atoms with E-state index in [2.05, 4.69) is 68.5 Å². The lowest BCUT2D eigenvalue weighted by atomic mass is 10.0. The Balaban J connectivity index is 1.43. The lowest BCUT2D eigenvalue weighted by Crippen LogP contribution is -2.33. The third kappa shape index (κ3) is 5.20. The Morgan fingerprint density at radius 1 is 1.05 bits per heavy atom. The van der Waals surface area contributed by atoms with Gasteiger partial charge in [-0.25, -0.2) is 0 Å². The molecule has 4 aromatic rings. The molecular weight excluding hydrogens is 482 g/mol. The van der Waals surface area contributed by atoms with E-state index in [0.29, 0.717) is 23.1 Å². The first-order chi connectivity index (χ1) is 18.0. The van der Waals surface area contributed by atoms with Gasteiger partial charge in [0.2, 0.25) is 5.91 Å². The summed E-state index contributed by atoms with van der Waals surface area (Å²) in [5.41, 5.74) is 4.88. The zero-order valence-electron chi connectivity index (χ0n) is 20.8. The molecule has 2 unspecified atom stereocenters. The maximum Gasteiger partial charge on any atom is 0.226 e. The van der Waals surface area contributed by atoms with Crippen molar-refractivity contribution in [3.63, 3.8) is 0 Å². The molecule has 2 atom stereocenters. The highest BCUT2D eigenvalue weighted by molar-refractivity contribution is 7.80. The molecule has 1 saturated heterocycles. The van der Waals surface area contributed by atoms with Gasteiger partial charge >= 0.3 is 0 Å². The number of pyridine rings is 1. The number of anilines is 1. The molecule has 0 spiro atoms. The van der Waals surface area contributed by atoms with Crippen LogP contribution in [0.3, 0.4) is 0 Å². The second-order valence-corrected chi connectivity index (χ2v) is 9.34. The van der Waals surface area contributed by atoms with Gasteiger partial charge in [-0.1, -0.05) is 35.9 Å². The van der Waals surface area contributed by atoms with E-state index in [1.54, 1.807) is 13.3 Å². The number of para-hydroxylation sites is 2. The predicted octanol–water partition coefficient (Wildman–Crippen LogP) is 5.19. The molecule has 5 rings (SSSR count). The van der Waals surface area contributed by atoms with Gasteiger partial charge in [-0.15, -0.1) is 0 Å².